The first kappa shape index (κ1) is 11.4. The number of methoxy groups -OCH3 is 1. The van der Waals surface area contributed by atoms with Crippen molar-refractivity contribution < 1.29 is 9.53 Å². The number of amides is 1. The van der Waals surface area contributed by atoms with Crippen LogP contribution < -0.4 is 15.4 Å². The van der Waals surface area contributed by atoms with Gasteiger partial charge in [-0.05, 0) is 23.8 Å². The summed E-state index contributed by atoms with van der Waals surface area (Å²) in [4.78, 5) is 11.7. The Labute approximate surface area is 102 Å². The lowest BCUT2D eigenvalue weighted by molar-refractivity contribution is -0.124. The highest BCUT2D eigenvalue weighted by atomic mass is 79.9. The van der Waals surface area contributed by atoms with Gasteiger partial charge in [-0.15, -0.1) is 0 Å². The molecule has 1 aliphatic heterocycles. The van der Waals surface area contributed by atoms with Gasteiger partial charge in [-0.1, -0.05) is 15.9 Å². The third-order valence-corrected chi connectivity index (χ3v) is 3.27. The second-order valence-electron chi connectivity index (χ2n) is 3.57. The molecule has 0 saturated carbocycles. The van der Waals surface area contributed by atoms with E-state index in [2.05, 4.69) is 26.6 Å². The molecule has 1 aromatic rings. The lowest BCUT2D eigenvalue weighted by Gasteiger charge is -2.24. The molecule has 0 aliphatic carbocycles. The van der Waals surface area contributed by atoms with Crippen LogP contribution >= 0.6 is 15.9 Å². The summed E-state index contributed by atoms with van der Waals surface area (Å²) in [6, 6.07) is 5.30. The molecule has 0 radical (unpaired) electrons. The number of piperazine rings is 1. The summed E-state index contributed by atoms with van der Waals surface area (Å²) in [5, 5.41) is 6.01. The monoisotopic (exact) mass is 284 g/mol. The first-order valence-corrected chi connectivity index (χ1v) is 5.86. The Morgan fingerprint density at radius 2 is 2.25 bits per heavy atom. The summed E-state index contributed by atoms with van der Waals surface area (Å²) < 4.78 is 6.06. The Morgan fingerprint density at radius 1 is 1.44 bits per heavy atom. The summed E-state index contributed by atoms with van der Waals surface area (Å²) in [5.74, 6) is 0.749. The van der Waals surface area contributed by atoms with Crippen molar-refractivity contribution in [1.29, 1.82) is 0 Å². The smallest absolute Gasteiger partial charge is 0.241 e. The number of hydrogen-bond donors (Lipinski definition) is 2. The summed E-state index contributed by atoms with van der Waals surface area (Å²) >= 11 is 3.45. The number of carbonyl (C=O) groups excluding carboxylic acids is 1. The van der Waals surface area contributed by atoms with E-state index in [-0.39, 0.29) is 11.9 Å². The van der Waals surface area contributed by atoms with Gasteiger partial charge in [-0.2, -0.15) is 0 Å². The predicted octanol–water partition coefficient (Wildman–Crippen LogP) is 1.22. The minimum atomic E-state index is -0.307. The zero-order valence-electron chi connectivity index (χ0n) is 8.92. The van der Waals surface area contributed by atoms with E-state index < -0.39 is 0 Å². The molecule has 0 aromatic heterocycles. The molecular formula is C11H13BrN2O2. The normalized spacial score (nSPS) is 20.4. The average Bonchev–Trinajstić information content (AvgIpc) is 2.31. The number of ether oxygens (including phenoxy) is 1. The highest BCUT2D eigenvalue weighted by molar-refractivity contribution is 9.10. The van der Waals surface area contributed by atoms with Crippen LogP contribution in [0.5, 0.6) is 5.75 Å². The SMILES string of the molecule is COc1ccc(Br)c(C2NCCNC2=O)c1. The van der Waals surface area contributed by atoms with Crippen LogP contribution in [0.4, 0.5) is 0 Å². The second-order valence-corrected chi connectivity index (χ2v) is 4.42. The van der Waals surface area contributed by atoms with Crippen molar-refractivity contribution in [3.8, 4) is 5.75 Å². The number of halogens is 1. The van der Waals surface area contributed by atoms with E-state index >= 15 is 0 Å². The van der Waals surface area contributed by atoms with Gasteiger partial charge in [0.05, 0.1) is 7.11 Å². The zero-order chi connectivity index (χ0) is 11.5. The lowest BCUT2D eigenvalue weighted by Crippen LogP contribution is -2.47. The van der Waals surface area contributed by atoms with E-state index in [1.54, 1.807) is 7.11 Å². The van der Waals surface area contributed by atoms with E-state index in [1.165, 1.54) is 0 Å². The Hall–Kier alpha value is -1.07. The van der Waals surface area contributed by atoms with Crippen molar-refractivity contribution in [2.24, 2.45) is 0 Å². The quantitative estimate of drug-likeness (QED) is 0.859. The number of hydrogen-bond acceptors (Lipinski definition) is 3. The molecule has 1 fully saturated rings. The van der Waals surface area contributed by atoms with E-state index in [4.69, 9.17) is 4.74 Å². The van der Waals surface area contributed by atoms with Crippen LogP contribution in [0.1, 0.15) is 11.6 Å². The number of nitrogens with one attached hydrogen (secondary N) is 2. The molecule has 16 heavy (non-hydrogen) atoms. The Morgan fingerprint density at radius 3 is 2.94 bits per heavy atom. The maximum atomic E-state index is 11.7. The van der Waals surface area contributed by atoms with Gasteiger partial charge in [-0.3, -0.25) is 4.79 Å². The van der Waals surface area contributed by atoms with E-state index in [1.807, 2.05) is 18.2 Å². The topological polar surface area (TPSA) is 50.4 Å². The van der Waals surface area contributed by atoms with Gasteiger partial charge < -0.3 is 15.4 Å². The highest BCUT2D eigenvalue weighted by Crippen LogP contribution is 2.28. The van der Waals surface area contributed by atoms with Crippen LogP contribution in [-0.4, -0.2) is 26.1 Å². The van der Waals surface area contributed by atoms with Gasteiger partial charge in [0.1, 0.15) is 11.8 Å². The minimum absolute atomic E-state index is 0.000188. The fraction of sp³-hybridized carbons (Fsp3) is 0.364. The van der Waals surface area contributed by atoms with Crippen molar-refractivity contribution in [2.45, 2.75) is 6.04 Å². The Kier molecular flexibility index (Phi) is 3.46. The van der Waals surface area contributed by atoms with Crippen LogP contribution in [0, 0.1) is 0 Å². The van der Waals surface area contributed by atoms with Crippen LogP contribution in [0.25, 0.3) is 0 Å². The van der Waals surface area contributed by atoms with Crippen molar-refractivity contribution in [3.63, 3.8) is 0 Å². The third kappa shape index (κ3) is 2.20. The van der Waals surface area contributed by atoms with Crippen molar-refractivity contribution >= 4 is 21.8 Å². The molecule has 4 nitrogen and oxygen atoms in total. The molecule has 2 rings (SSSR count). The van der Waals surface area contributed by atoms with Crippen molar-refractivity contribution in [1.82, 2.24) is 10.6 Å². The maximum Gasteiger partial charge on any atom is 0.241 e. The lowest BCUT2D eigenvalue weighted by atomic mass is 10.0. The van der Waals surface area contributed by atoms with Gasteiger partial charge in [0.15, 0.2) is 0 Å². The average molecular weight is 285 g/mol. The highest BCUT2D eigenvalue weighted by Gasteiger charge is 2.25. The van der Waals surface area contributed by atoms with E-state index in [9.17, 15) is 4.79 Å². The summed E-state index contributed by atoms with van der Waals surface area (Å²) in [5.41, 5.74) is 0.900. The minimum Gasteiger partial charge on any atom is -0.497 e. The first-order valence-electron chi connectivity index (χ1n) is 5.07. The van der Waals surface area contributed by atoms with Crippen LogP contribution in [0.2, 0.25) is 0 Å². The molecule has 0 spiro atoms. The summed E-state index contributed by atoms with van der Waals surface area (Å²) in [6.07, 6.45) is 0. The predicted molar refractivity (Wildman–Crippen MR) is 64.4 cm³/mol. The fourth-order valence-electron chi connectivity index (χ4n) is 1.72. The summed E-state index contributed by atoms with van der Waals surface area (Å²) in [6.45, 7) is 1.46. The Balaban J connectivity index is 2.33. The van der Waals surface area contributed by atoms with Crippen molar-refractivity contribution in [2.75, 3.05) is 20.2 Å². The third-order valence-electron chi connectivity index (χ3n) is 2.55. The van der Waals surface area contributed by atoms with E-state index in [0.717, 1.165) is 22.3 Å². The molecule has 2 N–H and O–H groups in total. The Bertz CT molecular complexity index is 409. The van der Waals surface area contributed by atoms with Gasteiger partial charge in [0.2, 0.25) is 5.91 Å². The molecule has 1 saturated heterocycles. The van der Waals surface area contributed by atoms with E-state index in [0.29, 0.717) is 6.54 Å². The molecular weight excluding hydrogens is 272 g/mol. The molecule has 86 valence electrons. The van der Waals surface area contributed by atoms with Gasteiger partial charge in [0, 0.05) is 17.6 Å². The van der Waals surface area contributed by atoms with Gasteiger partial charge in [0.25, 0.3) is 0 Å². The molecule has 1 amide bonds. The zero-order valence-corrected chi connectivity index (χ0v) is 10.5. The second kappa shape index (κ2) is 4.84. The van der Waals surface area contributed by atoms with Crippen molar-refractivity contribution in [3.05, 3.63) is 28.2 Å². The number of carbonyl (C=O) groups is 1. The van der Waals surface area contributed by atoms with Gasteiger partial charge in [-0.25, -0.2) is 0 Å². The maximum absolute atomic E-state index is 11.7. The van der Waals surface area contributed by atoms with Gasteiger partial charge >= 0.3 is 0 Å². The first-order chi connectivity index (χ1) is 7.72. The molecule has 1 heterocycles. The molecule has 0 bridgehead atoms. The standard InChI is InChI=1S/C11H13BrN2O2/c1-16-7-2-3-9(12)8(6-7)10-11(15)14-5-4-13-10/h2-3,6,10,13H,4-5H2,1H3,(H,14,15). The molecule has 5 heteroatoms. The molecule has 1 aromatic carbocycles. The molecule has 1 unspecified atom stereocenters. The number of benzene rings is 1. The fourth-order valence-corrected chi connectivity index (χ4v) is 2.19. The van der Waals surface area contributed by atoms with Crippen LogP contribution in [-0.2, 0) is 4.79 Å². The largest absolute Gasteiger partial charge is 0.497 e. The van der Waals surface area contributed by atoms with Crippen LogP contribution in [0.3, 0.4) is 0 Å². The number of rotatable bonds is 2. The summed E-state index contributed by atoms with van der Waals surface area (Å²) in [7, 11) is 1.61. The molecule has 1 aliphatic rings. The molecule has 1 atom stereocenters. The van der Waals surface area contributed by atoms with Crippen LogP contribution in [0.15, 0.2) is 22.7 Å².